The van der Waals surface area contributed by atoms with Gasteiger partial charge in [-0.1, -0.05) is 12.1 Å². The number of carbonyl (C=O) groups is 1. The third kappa shape index (κ3) is 2.45. The molecule has 0 spiro atoms. The first-order valence-corrected chi connectivity index (χ1v) is 5.44. The highest BCUT2D eigenvalue weighted by Gasteiger charge is 2.10. The molecule has 0 fully saturated rings. The van der Waals surface area contributed by atoms with Gasteiger partial charge in [0.05, 0.1) is 0 Å². The molecule has 0 saturated carbocycles. The molecule has 0 amide bonds. The van der Waals surface area contributed by atoms with E-state index in [-0.39, 0.29) is 5.69 Å². The average molecular weight is 243 g/mol. The van der Waals surface area contributed by atoms with Crippen molar-refractivity contribution in [2.24, 2.45) is 0 Å². The number of benzene rings is 1. The van der Waals surface area contributed by atoms with Crippen LogP contribution in [0.4, 0.5) is 11.6 Å². The van der Waals surface area contributed by atoms with Crippen molar-refractivity contribution >= 4 is 17.6 Å². The molecule has 18 heavy (non-hydrogen) atoms. The fraction of sp³-hybridized carbons (Fsp3) is 0.154. The average Bonchev–Trinajstić information content (AvgIpc) is 2.38. The zero-order valence-electron chi connectivity index (χ0n) is 10.2. The van der Waals surface area contributed by atoms with Gasteiger partial charge in [0.1, 0.15) is 0 Å². The minimum Gasteiger partial charge on any atom is -0.477 e. The van der Waals surface area contributed by atoms with Crippen LogP contribution in [0.2, 0.25) is 0 Å². The lowest BCUT2D eigenvalue weighted by molar-refractivity contribution is 0.0690. The lowest BCUT2D eigenvalue weighted by Crippen LogP contribution is -2.15. The number of aromatic carboxylic acids is 1. The van der Waals surface area contributed by atoms with Crippen LogP contribution in [0.25, 0.3) is 0 Å². The summed E-state index contributed by atoms with van der Waals surface area (Å²) in [5, 5.41) is 8.90. The molecular formula is C13H13N3O2. The highest BCUT2D eigenvalue weighted by atomic mass is 16.4. The lowest BCUT2D eigenvalue weighted by Gasteiger charge is -2.17. The molecule has 5 nitrogen and oxygen atoms in total. The number of anilines is 2. The molecule has 0 aliphatic heterocycles. The molecule has 5 heteroatoms. The Balaban J connectivity index is 2.36. The number of hydrogen-bond donors (Lipinski definition) is 1. The predicted octanol–water partition coefficient (Wildman–Crippen LogP) is 2.25. The number of carboxylic acids is 1. The number of nitrogens with zero attached hydrogens (tertiary/aromatic N) is 3. The van der Waals surface area contributed by atoms with E-state index in [2.05, 4.69) is 9.97 Å². The van der Waals surface area contributed by atoms with E-state index in [0.29, 0.717) is 5.95 Å². The van der Waals surface area contributed by atoms with E-state index in [4.69, 9.17) is 5.11 Å². The largest absolute Gasteiger partial charge is 0.477 e. The fourth-order valence-corrected chi connectivity index (χ4v) is 1.58. The Morgan fingerprint density at radius 1 is 1.33 bits per heavy atom. The van der Waals surface area contributed by atoms with Crippen LogP contribution in [0.1, 0.15) is 16.1 Å². The van der Waals surface area contributed by atoms with E-state index in [9.17, 15) is 4.79 Å². The third-order valence-corrected chi connectivity index (χ3v) is 2.55. The van der Waals surface area contributed by atoms with Crippen LogP contribution in [0.3, 0.4) is 0 Å². The Labute approximate surface area is 105 Å². The smallest absolute Gasteiger partial charge is 0.354 e. The molecule has 0 atom stereocenters. The van der Waals surface area contributed by atoms with Gasteiger partial charge in [0.15, 0.2) is 5.69 Å². The predicted molar refractivity (Wildman–Crippen MR) is 68.2 cm³/mol. The molecule has 0 aliphatic carbocycles. The van der Waals surface area contributed by atoms with Crippen LogP contribution in [0.5, 0.6) is 0 Å². The first kappa shape index (κ1) is 12.0. The second-order valence-electron chi connectivity index (χ2n) is 3.95. The van der Waals surface area contributed by atoms with E-state index in [1.807, 2.05) is 31.2 Å². The Bertz CT molecular complexity index is 584. The van der Waals surface area contributed by atoms with Gasteiger partial charge in [0.25, 0.3) is 0 Å². The Morgan fingerprint density at radius 2 is 2.11 bits per heavy atom. The molecule has 92 valence electrons. The zero-order chi connectivity index (χ0) is 13.1. The van der Waals surface area contributed by atoms with Gasteiger partial charge in [-0.05, 0) is 30.7 Å². The molecule has 1 aromatic heterocycles. The van der Waals surface area contributed by atoms with Gasteiger partial charge in [0.2, 0.25) is 5.95 Å². The van der Waals surface area contributed by atoms with Crippen molar-refractivity contribution in [1.29, 1.82) is 0 Å². The first-order valence-electron chi connectivity index (χ1n) is 5.44. The number of aromatic nitrogens is 2. The van der Waals surface area contributed by atoms with Gasteiger partial charge < -0.3 is 10.0 Å². The van der Waals surface area contributed by atoms with Crippen molar-refractivity contribution in [1.82, 2.24) is 9.97 Å². The van der Waals surface area contributed by atoms with Crippen molar-refractivity contribution in [3.05, 3.63) is 47.8 Å². The molecule has 0 unspecified atom stereocenters. The van der Waals surface area contributed by atoms with Crippen LogP contribution >= 0.6 is 0 Å². The van der Waals surface area contributed by atoms with Crippen molar-refractivity contribution in [3.63, 3.8) is 0 Å². The molecule has 0 bridgehead atoms. The quantitative estimate of drug-likeness (QED) is 0.895. The summed E-state index contributed by atoms with van der Waals surface area (Å²) < 4.78 is 0. The first-order chi connectivity index (χ1) is 8.58. The lowest BCUT2D eigenvalue weighted by atomic mass is 10.2. The summed E-state index contributed by atoms with van der Waals surface area (Å²) in [6.45, 7) is 1.99. The Kier molecular flexibility index (Phi) is 3.23. The van der Waals surface area contributed by atoms with Crippen LogP contribution in [0.15, 0.2) is 36.5 Å². The Morgan fingerprint density at radius 3 is 2.78 bits per heavy atom. The molecular weight excluding hydrogens is 230 g/mol. The summed E-state index contributed by atoms with van der Waals surface area (Å²) in [5.41, 5.74) is 2.02. The molecule has 0 radical (unpaired) electrons. The zero-order valence-corrected chi connectivity index (χ0v) is 10.2. The van der Waals surface area contributed by atoms with E-state index in [0.717, 1.165) is 11.3 Å². The molecule has 1 N–H and O–H groups in total. The van der Waals surface area contributed by atoms with Gasteiger partial charge in [-0.3, -0.25) is 0 Å². The second kappa shape index (κ2) is 4.83. The van der Waals surface area contributed by atoms with Crippen LogP contribution < -0.4 is 4.90 Å². The maximum absolute atomic E-state index is 10.9. The van der Waals surface area contributed by atoms with Crippen LogP contribution in [-0.4, -0.2) is 28.1 Å². The maximum Gasteiger partial charge on any atom is 0.354 e. The fourth-order valence-electron chi connectivity index (χ4n) is 1.58. The van der Waals surface area contributed by atoms with Crippen molar-refractivity contribution < 1.29 is 9.90 Å². The van der Waals surface area contributed by atoms with Gasteiger partial charge in [-0.2, -0.15) is 0 Å². The monoisotopic (exact) mass is 243 g/mol. The van der Waals surface area contributed by atoms with Gasteiger partial charge in [0, 0.05) is 18.9 Å². The maximum atomic E-state index is 10.9. The topological polar surface area (TPSA) is 66.3 Å². The second-order valence-corrected chi connectivity index (χ2v) is 3.95. The van der Waals surface area contributed by atoms with Crippen LogP contribution in [0, 0.1) is 6.92 Å². The van der Waals surface area contributed by atoms with E-state index in [1.54, 1.807) is 11.9 Å². The minimum atomic E-state index is -1.06. The van der Waals surface area contributed by atoms with Gasteiger partial charge in [-0.25, -0.2) is 14.8 Å². The number of aryl methyl sites for hydroxylation is 1. The van der Waals surface area contributed by atoms with Crippen molar-refractivity contribution in [2.45, 2.75) is 6.92 Å². The molecule has 1 heterocycles. The highest BCUT2D eigenvalue weighted by Crippen LogP contribution is 2.20. The summed E-state index contributed by atoms with van der Waals surface area (Å²) in [6, 6.07) is 9.20. The van der Waals surface area contributed by atoms with Gasteiger partial charge >= 0.3 is 5.97 Å². The summed E-state index contributed by atoms with van der Waals surface area (Å²) in [7, 11) is 1.80. The SMILES string of the molecule is Cc1cccc(N(C)c2nccc(C(=O)O)n2)c1. The summed E-state index contributed by atoms with van der Waals surface area (Å²) >= 11 is 0. The third-order valence-electron chi connectivity index (χ3n) is 2.55. The summed E-state index contributed by atoms with van der Waals surface area (Å²) in [6.07, 6.45) is 1.44. The van der Waals surface area contributed by atoms with Crippen molar-refractivity contribution in [3.8, 4) is 0 Å². The highest BCUT2D eigenvalue weighted by molar-refractivity contribution is 5.85. The van der Waals surface area contributed by atoms with Crippen LogP contribution in [-0.2, 0) is 0 Å². The molecule has 1 aromatic carbocycles. The normalized spacial score (nSPS) is 10.1. The molecule has 0 saturated heterocycles. The Hall–Kier alpha value is -2.43. The van der Waals surface area contributed by atoms with Gasteiger partial charge in [-0.15, -0.1) is 0 Å². The molecule has 2 rings (SSSR count). The molecule has 0 aliphatic rings. The summed E-state index contributed by atoms with van der Waals surface area (Å²) in [5.74, 6) is -0.697. The number of carboxylic acid groups (broad SMARTS) is 1. The standard InChI is InChI=1S/C13H13N3O2/c1-9-4-3-5-10(8-9)16(2)13-14-7-6-11(15-13)12(17)18/h3-8H,1-2H3,(H,17,18). The minimum absolute atomic E-state index is 0.0143. The van der Waals surface area contributed by atoms with E-state index < -0.39 is 5.97 Å². The van der Waals surface area contributed by atoms with Crippen molar-refractivity contribution in [2.75, 3.05) is 11.9 Å². The van der Waals surface area contributed by atoms with E-state index in [1.165, 1.54) is 12.3 Å². The number of hydrogen-bond acceptors (Lipinski definition) is 4. The molecule has 2 aromatic rings. The van der Waals surface area contributed by atoms with E-state index >= 15 is 0 Å². The number of rotatable bonds is 3. The summed E-state index contributed by atoms with van der Waals surface area (Å²) in [4.78, 5) is 20.7.